The lowest BCUT2D eigenvalue weighted by Gasteiger charge is -2.32. The number of aryl methyl sites for hydroxylation is 1. The summed E-state index contributed by atoms with van der Waals surface area (Å²) >= 11 is 0. The Balaban J connectivity index is 1.55. The molecule has 0 saturated carbocycles. The average molecular weight is 519 g/mol. The molecule has 0 bridgehead atoms. The van der Waals surface area contributed by atoms with Gasteiger partial charge in [-0.2, -0.15) is 0 Å². The molecule has 3 aromatic rings. The standard InChI is InChI=1S/C27H26N4O7/c1-12-7-18-22-14(13(12)2)3-5-30(21(34)9-28-20(33)4-6-32)24(22)16-10-31-19(23(16)29-18)8-15-17(26(31)36)11-38-27(37)25(15)35/h7-8,25,32,35H,3-6,9-11H2,1-2H3,(H,28,33). The number of benzene rings is 1. The van der Waals surface area contributed by atoms with Crippen LogP contribution in [-0.2, 0) is 38.7 Å². The predicted octanol–water partition coefficient (Wildman–Crippen LogP) is 0.520. The second kappa shape index (κ2) is 8.74. The number of nitrogens with one attached hydrogen (secondary N) is 1. The van der Waals surface area contributed by atoms with Crippen molar-refractivity contribution in [2.75, 3.05) is 24.6 Å². The van der Waals surface area contributed by atoms with Gasteiger partial charge in [0.1, 0.15) is 6.61 Å². The molecule has 3 N–H and O–H groups in total. The van der Waals surface area contributed by atoms with Gasteiger partial charge in [0.05, 0.1) is 47.9 Å². The van der Waals surface area contributed by atoms with Gasteiger partial charge in [0.25, 0.3) is 5.56 Å². The van der Waals surface area contributed by atoms with Gasteiger partial charge in [0.2, 0.25) is 11.8 Å². The largest absolute Gasteiger partial charge is 0.458 e. The first kappa shape index (κ1) is 24.3. The smallest absolute Gasteiger partial charge is 0.340 e. The van der Waals surface area contributed by atoms with Gasteiger partial charge < -0.3 is 29.7 Å². The van der Waals surface area contributed by atoms with Gasteiger partial charge in [0.15, 0.2) is 6.10 Å². The Kier molecular flexibility index (Phi) is 5.58. The Hall–Kier alpha value is -4.09. The van der Waals surface area contributed by atoms with Crippen LogP contribution in [0.3, 0.4) is 0 Å². The van der Waals surface area contributed by atoms with Gasteiger partial charge in [-0.05, 0) is 49.1 Å². The van der Waals surface area contributed by atoms with Crippen molar-refractivity contribution in [1.29, 1.82) is 0 Å². The summed E-state index contributed by atoms with van der Waals surface area (Å²) in [6.07, 6.45) is -1.04. The molecule has 11 heteroatoms. The monoisotopic (exact) mass is 518 g/mol. The molecule has 6 rings (SSSR count). The number of hydrogen-bond donors (Lipinski definition) is 3. The number of aromatic nitrogens is 2. The van der Waals surface area contributed by atoms with Crippen LogP contribution in [0.1, 0.15) is 45.9 Å². The summed E-state index contributed by atoms with van der Waals surface area (Å²) in [7, 11) is 0. The Morgan fingerprint density at radius 2 is 1.97 bits per heavy atom. The third-order valence-electron chi connectivity index (χ3n) is 7.80. The average Bonchev–Trinajstić information content (AvgIpc) is 3.27. The molecule has 0 saturated heterocycles. The summed E-state index contributed by atoms with van der Waals surface area (Å²) in [5.41, 5.74) is 6.32. The molecule has 11 nitrogen and oxygen atoms in total. The number of anilines is 1. The number of ether oxygens (including phenoxy) is 1. The summed E-state index contributed by atoms with van der Waals surface area (Å²) in [6.45, 7) is 3.83. The molecule has 5 heterocycles. The fourth-order valence-corrected chi connectivity index (χ4v) is 5.74. The number of esters is 1. The SMILES string of the molecule is Cc1cc2nc3c(c4c2c(c1C)CCN4C(=O)CNC(=O)CCO)Cn1c-3cc2c(c1=O)COC(=O)C2O. The number of rotatable bonds is 4. The Morgan fingerprint density at radius 3 is 2.74 bits per heavy atom. The van der Waals surface area contributed by atoms with E-state index in [2.05, 4.69) is 5.32 Å². The van der Waals surface area contributed by atoms with E-state index >= 15 is 0 Å². The van der Waals surface area contributed by atoms with Crippen molar-refractivity contribution in [3.63, 3.8) is 0 Å². The number of cyclic esters (lactones) is 1. The van der Waals surface area contributed by atoms with Crippen LogP contribution in [0.15, 0.2) is 16.9 Å². The molecule has 1 atom stereocenters. The molecule has 0 spiro atoms. The van der Waals surface area contributed by atoms with Crippen LogP contribution in [0, 0.1) is 13.8 Å². The van der Waals surface area contributed by atoms with Crippen LogP contribution in [0.25, 0.3) is 22.3 Å². The van der Waals surface area contributed by atoms with Crippen molar-refractivity contribution in [3.8, 4) is 11.4 Å². The summed E-state index contributed by atoms with van der Waals surface area (Å²) in [6, 6.07) is 3.57. The van der Waals surface area contributed by atoms with Crippen LogP contribution >= 0.6 is 0 Å². The molecule has 3 aliphatic rings. The number of carbonyl (C=O) groups is 3. The van der Waals surface area contributed by atoms with Crippen molar-refractivity contribution in [3.05, 3.63) is 55.9 Å². The van der Waals surface area contributed by atoms with Crippen molar-refractivity contribution in [1.82, 2.24) is 14.9 Å². The van der Waals surface area contributed by atoms with Gasteiger partial charge >= 0.3 is 5.97 Å². The Labute approximate surface area is 216 Å². The minimum Gasteiger partial charge on any atom is -0.458 e. The van der Waals surface area contributed by atoms with E-state index in [9.17, 15) is 24.3 Å². The number of aliphatic hydroxyl groups is 2. The highest BCUT2D eigenvalue weighted by molar-refractivity contribution is 6.10. The highest BCUT2D eigenvalue weighted by Gasteiger charge is 2.37. The fraction of sp³-hybridized carbons (Fsp3) is 0.370. The highest BCUT2D eigenvalue weighted by atomic mass is 16.5. The van der Waals surface area contributed by atoms with E-state index in [0.29, 0.717) is 41.1 Å². The highest BCUT2D eigenvalue weighted by Crippen LogP contribution is 2.45. The Bertz CT molecular complexity index is 1640. The minimum absolute atomic E-state index is 0.0928. The van der Waals surface area contributed by atoms with Crippen LogP contribution in [0.2, 0.25) is 0 Å². The molecular weight excluding hydrogens is 492 g/mol. The maximum atomic E-state index is 13.4. The van der Waals surface area contributed by atoms with E-state index in [1.54, 1.807) is 11.0 Å². The fourth-order valence-electron chi connectivity index (χ4n) is 5.74. The maximum absolute atomic E-state index is 13.4. The number of hydrogen-bond acceptors (Lipinski definition) is 8. The molecule has 0 aliphatic carbocycles. The molecule has 1 unspecified atom stereocenters. The summed E-state index contributed by atoms with van der Waals surface area (Å²) in [5, 5.41) is 22.8. The zero-order valence-corrected chi connectivity index (χ0v) is 21.0. The topological polar surface area (TPSA) is 151 Å². The molecule has 2 aromatic heterocycles. The van der Waals surface area contributed by atoms with Gasteiger partial charge in [-0.15, -0.1) is 0 Å². The number of aliphatic hydroxyl groups excluding tert-OH is 2. The summed E-state index contributed by atoms with van der Waals surface area (Å²) in [5.74, 6) is -1.54. The van der Waals surface area contributed by atoms with Crippen LogP contribution in [0.5, 0.6) is 0 Å². The molecule has 1 aromatic carbocycles. The maximum Gasteiger partial charge on any atom is 0.340 e. The van der Waals surface area contributed by atoms with E-state index in [1.807, 2.05) is 19.9 Å². The number of fused-ring (bicyclic) bond motifs is 5. The van der Waals surface area contributed by atoms with Crippen molar-refractivity contribution in [2.24, 2.45) is 0 Å². The number of nitrogens with zero attached hydrogens (tertiary/aromatic N) is 3. The Morgan fingerprint density at radius 1 is 1.18 bits per heavy atom. The minimum atomic E-state index is -1.56. The van der Waals surface area contributed by atoms with Crippen molar-refractivity contribution >= 4 is 34.4 Å². The normalized spacial score (nSPS) is 17.1. The molecule has 196 valence electrons. The first-order valence-corrected chi connectivity index (χ1v) is 12.5. The van der Waals surface area contributed by atoms with E-state index in [-0.39, 0.29) is 55.3 Å². The molecule has 38 heavy (non-hydrogen) atoms. The first-order valence-electron chi connectivity index (χ1n) is 12.5. The lowest BCUT2D eigenvalue weighted by atomic mass is 9.89. The second-order valence-electron chi connectivity index (χ2n) is 9.89. The molecule has 0 fully saturated rings. The van der Waals surface area contributed by atoms with Crippen molar-refractivity contribution in [2.45, 2.75) is 45.9 Å². The van der Waals surface area contributed by atoms with Crippen LogP contribution in [-0.4, -0.2) is 57.2 Å². The number of pyridine rings is 2. The van der Waals surface area contributed by atoms with Crippen molar-refractivity contribution < 1.29 is 29.3 Å². The predicted molar refractivity (Wildman–Crippen MR) is 136 cm³/mol. The third kappa shape index (κ3) is 3.46. The molecule has 0 radical (unpaired) electrons. The lowest BCUT2D eigenvalue weighted by Crippen LogP contribution is -2.43. The summed E-state index contributed by atoms with van der Waals surface area (Å²) < 4.78 is 6.52. The van der Waals surface area contributed by atoms with E-state index in [0.717, 1.165) is 22.1 Å². The number of carbonyl (C=O) groups excluding carboxylic acids is 3. The van der Waals surface area contributed by atoms with Crippen LogP contribution < -0.4 is 15.8 Å². The van der Waals surface area contributed by atoms with Gasteiger partial charge in [-0.1, -0.05) is 0 Å². The quantitative estimate of drug-likeness (QED) is 0.331. The molecule has 3 aliphatic heterocycles. The van der Waals surface area contributed by atoms with E-state index in [4.69, 9.17) is 14.8 Å². The van der Waals surface area contributed by atoms with E-state index < -0.39 is 18.0 Å². The molecular formula is C27H26N4O7. The zero-order chi connectivity index (χ0) is 26.9. The summed E-state index contributed by atoms with van der Waals surface area (Å²) in [4.78, 5) is 57.3. The zero-order valence-electron chi connectivity index (χ0n) is 21.0. The first-order chi connectivity index (χ1) is 18.2. The number of amides is 2. The third-order valence-corrected chi connectivity index (χ3v) is 7.80. The van der Waals surface area contributed by atoms with Gasteiger partial charge in [0, 0.05) is 29.5 Å². The lowest BCUT2D eigenvalue weighted by molar-refractivity contribution is -0.157. The van der Waals surface area contributed by atoms with Crippen LogP contribution in [0.4, 0.5) is 5.69 Å². The molecule has 2 amide bonds. The van der Waals surface area contributed by atoms with Gasteiger partial charge in [-0.3, -0.25) is 14.4 Å². The van der Waals surface area contributed by atoms with E-state index in [1.165, 1.54) is 4.57 Å². The second-order valence-corrected chi connectivity index (χ2v) is 9.89. The van der Waals surface area contributed by atoms with Gasteiger partial charge in [-0.25, -0.2) is 9.78 Å².